The first kappa shape index (κ1) is 16.1. The number of hydrogen-bond donors (Lipinski definition) is 2. The summed E-state index contributed by atoms with van der Waals surface area (Å²) in [6.07, 6.45) is -0.712. The van der Waals surface area contributed by atoms with Crippen LogP contribution in [0.4, 0.5) is 17.3 Å². The van der Waals surface area contributed by atoms with Crippen molar-refractivity contribution in [1.82, 2.24) is 4.98 Å². The zero-order valence-corrected chi connectivity index (χ0v) is 13.6. The molecule has 1 atom stereocenters. The summed E-state index contributed by atoms with van der Waals surface area (Å²) in [4.78, 5) is 30.1. The summed E-state index contributed by atoms with van der Waals surface area (Å²) in [5, 5.41) is 3.09. The average Bonchev–Trinajstić information content (AvgIpc) is 2.55. The monoisotopic (exact) mass is 346 g/mol. The molecular weight excluding hydrogens is 332 g/mol. The van der Waals surface area contributed by atoms with Gasteiger partial charge in [-0.2, -0.15) is 0 Å². The van der Waals surface area contributed by atoms with Crippen molar-refractivity contribution in [2.45, 2.75) is 13.0 Å². The third kappa shape index (κ3) is 3.11. The summed E-state index contributed by atoms with van der Waals surface area (Å²) < 4.78 is 5.49. The van der Waals surface area contributed by atoms with Crippen LogP contribution < -0.4 is 20.7 Å². The minimum atomic E-state index is -0.712. The van der Waals surface area contributed by atoms with Crippen LogP contribution in [0, 0.1) is 0 Å². The number of para-hydroxylation sites is 1. The van der Waals surface area contributed by atoms with Gasteiger partial charge in [-0.05, 0) is 31.2 Å². The predicted molar refractivity (Wildman–Crippen MR) is 91.2 cm³/mol. The standard InChI is InChI=1S/C16H15ClN4O3/c1-9-16(23)21(15-12(24-9)6-7-13(18)20-15)8-14(22)19-11-5-3-2-4-10(11)17/h2-7,9H,8H2,1H3,(H2,18,20)(H,19,22). The lowest BCUT2D eigenvalue weighted by molar-refractivity contribution is -0.127. The Kier molecular flexibility index (Phi) is 4.26. The topological polar surface area (TPSA) is 97.6 Å². The zero-order valence-electron chi connectivity index (χ0n) is 12.8. The Bertz CT molecular complexity index is 812. The maximum atomic E-state index is 12.4. The number of anilines is 3. The number of halogens is 1. The highest BCUT2D eigenvalue weighted by Crippen LogP contribution is 2.32. The molecule has 8 heteroatoms. The summed E-state index contributed by atoms with van der Waals surface area (Å²) in [7, 11) is 0. The molecule has 0 saturated carbocycles. The number of hydrogen-bond acceptors (Lipinski definition) is 5. The molecule has 1 unspecified atom stereocenters. The van der Waals surface area contributed by atoms with E-state index in [1.165, 1.54) is 4.90 Å². The van der Waals surface area contributed by atoms with Crippen LogP contribution in [0.5, 0.6) is 5.75 Å². The van der Waals surface area contributed by atoms with Crippen LogP contribution in [-0.2, 0) is 9.59 Å². The molecule has 0 radical (unpaired) electrons. The highest BCUT2D eigenvalue weighted by molar-refractivity contribution is 6.33. The third-order valence-electron chi connectivity index (χ3n) is 3.48. The minimum Gasteiger partial charge on any atom is -0.477 e. The number of nitrogens with two attached hydrogens (primary N) is 1. The average molecular weight is 347 g/mol. The van der Waals surface area contributed by atoms with Crippen molar-refractivity contribution >= 4 is 40.7 Å². The summed E-state index contributed by atoms with van der Waals surface area (Å²) in [6.45, 7) is 1.39. The van der Waals surface area contributed by atoms with Gasteiger partial charge < -0.3 is 15.8 Å². The van der Waals surface area contributed by atoms with E-state index < -0.39 is 12.0 Å². The van der Waals surface area contributed by atoms with E-state index >= 15 is 0 Å². The lowest BCUT2D eigenvalue weighted by Crippen LogP contribution is -2.48. The van der Waals surface area contributed by atoms with Crippen LogP contribution in [0.25, 0.3) is 0 Å². The van der Waals surface area contributed by atoms with Crippen molar-refractivity contribution in [3.63, 3.8) is 0 Å². The maximum Gasteiger partial charge on any atom is 0.269 e. The molecule has 3 rings (SSSR count). The van der Waals surface area contributed by atoms with Crippen LogP contribution in [0.2, 0.25) is 5.02 Å². The van der Waals surface area contributed by atoms with Gasteiger partial charge >= 0.3 is 0 Å². The first-order valence-electron chi connectivity index (χ1n) is 7.24. The van der Waals surface area contributed by atoms with E-state index in [0.29, 0.717) is 16.5 Å². The van der Waals surface area contributed by atoms with Crippen molar-refractivity contribution in [3.05, 3.63) is 41.4 Å². The van der Waals surface area contributed by atoms with E-state index in [1.807, 2.05) is 0 Å². The molecule has 24 heavy (non-hydrogen) atoms. The Hall–Kier alpha value is -2.80. The second-order valence-electron chi connectivity index (χ2n) is 5.27. The highest BCUT2D eigenvalue weighted by atomic mass is 35.5. The van der Waals surface area contributed by atoms with E-state index in [1.54, 1.807) is 43.3 Å². The largest absolute Gasteiger partial charge is 0.477 e. The summed E-state index contributed by atoms with van der Waals surface area (Å²) in [5.41, 5.74) is 6.15. The Morgan fingerprint density at radius 2 is 2.12 bits per heavy atom. The number of rotatable bonds is 3. The van der Waals surface area contributed by atoms with Crippen LogP contribution in [0.1, 0.15) is 6.92 Å². The van der Waals surface area contributed by atoms with Crippen molar-refractivity contribution in [2.75, 3.05) is 22.5 Å². The molecule has 2 amide bonds. The first-order chi connectivity index (χ1) is 11.5. The summed E-state index contributed by atoms with van der Waals surface area (Å²) in [6, 6.07) is 10.0. The van der Waals surface area contributed by atoms with E-state index in [9.17, 15) is 9.59 Å². The lowest BCUT2D eigenvalue weighted by Gasteiger charge is -2.31. The number of nitrogens with zero attached hydrogens (tertiary/aromatic N) is 2. The van der Waals surface area contributed by atoms with Gasteiger partial charge in [0, 0.05) is 0 Å². The van der Waals surface area contributed by atoms with Crippen molar-refractivity contribution in [1.29, 1.82) is 0 Å². The second kappa shape index (κ2) is 6.37. The molecule has 0 saturated heterocycles. The van der Waals surface area contributed by atoms with Gasteiger partial charge in [0.2, 0.25) is 5.91 Å². The van der Waals surface area contributed by atoms with Gasteiger partial charge in [-0.1, -0.05) is 23.7 Å². The number of ether oxygens (including phenoxy) is 1. The third-order valence-corrected chi connectivity index (χ3v) is 3.81. The number of pyridine rings is 1. The quantitative estimate of drug-likeness (QED) is 0.886. The normalized spacial score (nSPS) is 16.3. The van der Waals surface area contributed by atoms with Gasteiger partial charge in [0.15, 0.2) is 17.7 Å². The fourth-order valence-electron chi connectivity index (χ4n) is 2.35. The SMILES string of the molecule is CC1Oc2ccc(N)nc2N(CC(=O)Nc2ccccc2Cl)C1=O. The molecule has 7 nitrogen and oxygen atoms in total. The number of aromatic nitrogens is 1. The molecule has 1 aromatic carbocycles. The smallest absolute Gasteiger partial charge is 0.269 e. The Morgan fingerprint density at radius 1 is 1.38 bits per heavy atom. The van der Waals surface area contributed by atoms with Gasteiger partial charge in [-0.3, -0.25) is 14.5 Å². The van der Waals surface area contributed by atoms with Gasteiger partial charge in [-0.25, -0.2) is 4.98 Å². The number of fused-ring (bicyclic) bond motifs is 1. The van der Waals surface area contributed by atoms with Gasteiger partial charge in [0.1, 0.15) is 12.4 Å². The highest BCUT2D eigenvalue weighted by Gasteiger charge is 2.34. The number of amides is 2. The Labute approximate surface area is 143 Å². The Morgan fingerprint density at radius 3 is 2.88 bits per heavy atom. The lowest BCUT2D eigenvalue weighted by atomic mass is 10.2. The number of nitrogens with one attached hydrogen (secondary N) is 1. The molecule has 1 aromatic heterocycles. The van der Waals surface area contributed by atoms with Gasteiger partial charge in [0.05, 0.1) is 10.7 Å². The van der Waals surface area contributed by atoms with Crippen LogP contribution in [0.3, 0.4) is 0 Å². The number of carbonyl (C=O) groups is 2. The minimum absolute atomic E-state index is 0.221. The molecule has 0 spiro atoms. The molecule has 0 aliphatic carbocycles. The molecule has 3 N–H and O–H groups in total. The predicted octanol–water partition coefficient (Wildman–Crippen LogP) is 2.07. The van der Waals surface area contributed by atoms with Crippen LogP contribution >= 0.6 is 11.6 Å². The van der Waals surface area contributed by atoms with E-state index in [2.05, 4.69) is 10.3 Å². The van der Waals surface area contributed by atoms with Gasteiger partial charge in [0.25, 0.3) is 5.91 Å². The maximum absolute atomic E-state index is 12.4. The molecule has 0 fully saturated rings. The molecular formula is C16H15ClN4O3. The fourth-order valence-corrected chi connectivity index (χ4v) is 2.53. The number of carbonyl (C=O) groups excluding carboxylic acids is 2. The number of nitrogen functional groups attached to an aromatic ring is 1. The second-order valence-corrected chi connectivity index (χ2v) is 5.68. The molecule has 1 aliphatic heterocycles. The van der Waals surface area contributed by atoms with E-state index in [0.717, 1.165) is 0 Å². The van der Waals surface area contributed by atoms with Crippen molar-refractivity contribution in [2.24, 2.45) is 0 Å². The van der Waals surface area contributed by atoms with E-state index in [4.69, 9.17) is 22.1 Å². The van der Waals surface area contributed by atoms with Crippen LogP contribution in [0.15, 0.2) is 36.4 Å². The van der Waals surface area contributed by atoms with Gasteiger partial charge in [-0.15, -0.1) is 0 Å². The van der Waals surface area contributed by atoms with Crippen LogP contribution in [-0.4, -0.2) is 29.4 Å². The summed E-state index contributed by atoms with van der Waals surface area (Å²) in [5.74, 6) is 0.0982. The molecule has 2 heterocycles. The molecule has 124 valence electrons. The molecule has 2 aromatic rings. The molecule has 0 bridgehead atoms. The Balaban J connectivity index is 1.83. The fraction of sp³-hybridized carbons (Fsp3) is 0.188. The van der Waals surface area contributed by atoms with Crippen molar-refractivity contribution < 1.29 is 14.3 Å². The first-order valence-corrected chi connectivity index (χ1v) is 7.62. The van der Waals surface area contributed by atoms with Crippen molar-refractivity contribution in [3.8, 4) is 5.75 Å². The van der Waals surface area contributed by atoms with E-state index in [-0.39, 0.29) is 24.1 Å². The number of benzene rings is 1. The molecule has 1 aliphatic rings. The summed E-state index contributed by atoms with van der Waals surface area (Å²) >= 11 is 6.02. The zero-order chi connectivity index (χ0) is 17.3.